The number of sulfonamides is 1. The fourth-order valence-electron chi connectivity index (χ4n) is 3.62. The number of H-pyrrole nitrogens is 1. The number of fused-ring (bicyclic) bond motifs is 2. The molecule has 8 nitrogen and oxygen atoms in total. The topological polar surface area (TPSA) is 118 Å². The first-order chi connectivity index (χ1) is 14.8. The molecule has 2 aromatic carbocycles. The van der Waals surface area contributed by atoms with Gasteiger partial charge < -0.3 is 9.72 Å². The van der Waals surface area contributed by atoms with Crippen molar-refractivity contribution in [2.24, 2.45) is 4.99 Å². The second kappa shape index (κ2) is 7.99. The number of nitrogens with one attached hydrogen (secondary N) is 2. The SMILES string of the molecule is Cc1[nH]c2ccccc2c1C(=O)[C@@H](C)OC(=O)CCN=C1NS(=O)(=O)c2ccccc21. The van der Waals surface area contributed by atoms with Crippen LogP contribution in [0, 0.1) is 6.92 Å². The molecule has 0 bridgehead atoms. The number of nitrogens with zero attached hydrogens (tertiary/aromatic N) is 1. The van der Waals surface area contributed by atoms with E-state index in [0.717, 1.165) is 10.9 Å². The summed E-state index contributed by atoms with van der Waals surface area (Å²) in [7, 11) is -3.63. The molecule has 0 spiro atoms. The number of aromatic amines is 1. The Bertz CT molecular complexity index is 1320. The first-order valence-electron chi connectivity index (χ1n) is 9.75. The van der Waals surface area contributed by atoms with Crippen LogP contribution in [0.5, 0.6) is 0 Å². The zero-order valence-electron chi connectivity index (χ0n) is 17.0. The van der Waals surface area contributed by atoms with Crippen molar-refractivity contribution in [2.75, 3.05) is 6.54 Å². The van der Waals surface area contributed by atoms with Gasteiger partial charge in [-0.25, -0.2) is 8.42 Å². The quantitative estimate of drug-likeness (QED) is 0.452. The average molecular weight is 439 g/mol. The number of esters is 1. The largest absolute Gasteiger partial charge is 0.454 e. The van der Waals surface area contributed by atoms with E-state index in [1.54, 1.807) is 25.1 Å². The summed E-state index contributed by atoms with van der Waals surface area (Å²) in [5.41, 5.74) is 2.53. The van der Waals surface area contributed by atoms with Gasteiger partial charge in [-0.3, -0.25) is 19.3 Å². The van der Waals surface area contributed by atoms with E-state index in [0.29, 0.717) is 16.8 Å². The van der Waals surface area contributed by atoms with Crippen molar-refractivity contribution in [1.29, 1.82) is 0 Å². The van der Waals surface area contributed by atoms with Crippen LogP contribution in [0.3, 0.4) is 0 Å². The van der Waals surface area contributed by atoms with Gasteiger partial charge in [-0.1, -0.05) is 30.3 Å². The minimum atomic E-state index is -3.63. The number of aliphatic imine (C=N–C) groups is 1. The molecule has 0 fully saturated rings. The van der Waals surface area contributed by atoms with E-state index in [1.165, 1.54) is 13.0 Å². The van der Waals surface area contributed by atoms with Gasteiger partial charge in [-0.05, 0) is 32.0 Å². The van der Waals surface area contributed by atoms with Crippen molar-refractivity contribution in [3.63, 3.8) is 0 Å². The smallest absolute Gasteiger partial charge is 0.308 e. The van der Waals surface area contributed by atoms with Crippen molar-refractivity contribution < 1.29 is 22.7 Å². The number of rotatable bonds is 6. The van der Waals surface area contributed by atoms with Gasteiger partial charge in [-0.2, -0.15) is 0 Å². The lowest BCUT2D eigenvalue weighted by Gasteiger charge is -2.12. The monoisotopic (exact) mass is 439 g/mol. The van der Waals surface area contributed by atoms with Crippen molar-refractivity contribution in [1.82, 2.24) is 9.71 Å². The van der Waals surface area contributed by atoms with Gasteiger partial charge in [0.2, 0.25) is 5.78 Å². The Kier molecular flexibility index (Phi) is 5.36. The Morgan fingerprint density at radius 1 is 1.10 bits per heavy atom. The molecule has 0 saturated heterocycles. The van der Waals surface area contributed by atoms with E-state index in [2.05, 4.69) is 14.7 Å². The molecule has 1 aromatic heterocycles. The number of hydrogen-bond donors (Lipinski definition) is 2. The standard InChI is InChI=1S/C22H21N3O5S/c1-13-20(15-7-3-5-9-17(15)24-13)21(27)14(2)30-19(26)11-12-23-22-16-8-4-6-10-18(16)31(28,29)25-22/h3-10,14,24H,11-12H2,1-2H3,(H,23,25)/t14-/m1/s1. The van der Waals surface area contributed by atoms with Crippen LogP contribution in [0.4, 0.5) is 0 Å². The molecule has 1 atom stereocenters. The maximum absolute atomic E-state index is 12.9. The lowest BCUT2D eigenvalue weighted by molar-refractivity contribution is -0.146. The minimum absolute atomic E-state index is 0.0258. The molecule has 0 radical (unpaired) electrons. The number of carbonyl (C=O) groups is 2. The van der Waals surface area contributed by atoms with Gasteiger partial charge in [0, 0.05) is 27.7 Å². The predicted octanol–water partition coefficient (Wildman–Crippen LogP) is 2.72. The van der Waals surface area contributed by atoms with Crippen LogP contribution in [0.25, 0.3) is 10.9 Å². The third-order valence-corrected chi connectivity index (χ3v) is 6.46. The highest BCUT2D eigenvalue weighted by atomic mass is 32.2. The van der Waals surface area contributed by atoms with Crippen LogP contribution in [0.2, 0.25) is 0 Å². The molecule has 4 rings (SSSR count). The molecule has 0 saturated carbocycles. The van der Waals surface area contributed by atoms with E-state index in [1.807, 2.05) is 24.3 Å². The van der Waals surface area contributed by atoms with Gasteiger partial charge in [-0.15, -0.1) is 0 Å². The molecule has 1 aliphatic heterocycles. The minimum Gasteiger partial charge on any atom is -0.454 e. The van der Waals surface area contributed by atoms with Gasteiger partial charge in [0.1, 0.15) is 5.84 Å². The summed E-state index contributed by atoms with van der Waals surface area (Å²) in [6, 6.07) is 13.9. The summed E-state index contributed by atoms with van der Waals surface area (Å²) in [5, 5.41) is 0.784. The van der Waals surface area contributed by atoms with Crippen LogP contribution in [0.1, 0.15) is 35.0 Å². The van der Waals surface area contributed by atoms with E-state index in [-0.39, 0.29) is 29.5 Å². The second-order valence-electron chi connectivity index (χ2n) is 7.25. The Labute approximate surface area is 179 Å². The fourth-order valence-corrected chi connectivity index (χ4v) is 4.87. The van der Waals surface area contributed by atoms with Crippen molar-refractivity contribution >= 4 is 38.5 Å². The normalized spacial score (nSPS) is 16.6. The molecular formula is C22H21N3O5S. The van der Waals surface area contributed by atoms with Crippen LogP contribution < -0.4 is 4.72 Å². The highest BCUT2D eigenvalue weighted by Gasteiger charge is 2.30. The number of ketones is 1. The lowest BCUT2D eigenvalue weighted by atomic mass is 10.0. The average Bonchev–Trinajstić information content (AvgIpc) is 3.20. The Balaban J connectivity index is 1.40. The molecular weight excluding hydrogens is 418 g/mol. The number of aromatic nitrogens is 1. The summed E-state index contributed by atoms with van der Waals surface area (Å²) in [5.74, 6) is -0.675. The predicted molar refractivity (Wildman–Crippen MR) is 116 cm³/mol. The molecule has 9 heteroatoms. The third-order valence-electron chi connectivity index (χ3n) is 5.07. The summed E-state index contributed by atoms with van der Waals surface area (Å²) in [6.45, 7) is 3.37. The number of Topliss-reactive ketones (excluding diaryl/α,β-unsaturated/α-hetero) is 1. The molecule has 160 valence electrons. The van der Waals surface area contributed by atoms with Crippen molar-refractivity contribution in [3.05, 3.63) is 65.4 Å². The molecule has 31 heavy (non-hydrogen) atoms. The molecule has 2 heterocycles. The Morgan fingerprint density at radius 2 is 1.81 bits per heavy atom. The van der Waals surface area contributed by atoms with E-state index in [9.17, 15) is 18.0 Å². The zero-order valence-corrected chi connectivity index (χ0v) is 17.8. The number of ether oxygens (including phenoxy) is 1. The zero-order chi connectivity index (χ0) is 22.2. The van der Waals surface area contributed by atoms with Crippen LogP contribution in [-0.4, -0.2) is 43.6 Å². The highest BCUT2D eigenvalue weighted by Crippen LogP contribution is 2.24. The van der Waals surface area contributed by atoms with Gasteiger partial charge in [0.15, 0.2) is 6.10 Å². The lowest BCUT2D eigenvalue weighted by Crippen LogP contribution is -2.25. The first kappa shape index (κ1) is 20.8. The Morgan fingerprint density at radius 3 is 2.61 bits per heavy atom. The molecule has 0 unspecified atom stereocenters. The van der Waals surface area contributed by atoms with Gasteiger partial charge in [0.05, 0.1) is 17.9 Å². The fraction of sp³-hybridized carbons (Fsp3) is 0.227. The van der Waals surface area contributed by atoms with Gasteiger partial charge >= 0.3 is 5.97 Å². The van der Waals surface area contributed by atoms with E-state index in [4.69, 9.17) is 4.74 Å². The van der Waals surface area contributed by atoms with Crippen LogP contribution in [0.15, 0.2) is 58.4 Å². The summed E-state index contributed by atoms with van der Waals surface area (Å²) < 4.78 is 31.9. The summed E-state index contributed by atoms with van der Waals surface area (Å²) in [4.78, 5) is 32.6. The second-order valence-corrected chi connectivity index (χ2v) is 8.90. The third kappa shape index (κ3) is 3.96. The van der Waals surface area contributed by atoms with Crippen LogP contribution >= 0.6 is 0 Å². The summed E-state index contributed by atoms with van der Waals surface area (Å²) >= 11 is 0. The van der Waals surface area contributed by atoms with Crippen molar-refractivity contribution in [2.45, 2.75) is 31.3 Å². The number of benzene rings is 2. The Hall–Kier alpha value is -3.46. The van der Waals surface area contributed by atoms with Crippen LogP contribution in [-0.2, 0) is 19.6 Å². The number of aryl methyl sites for hydroxylation is 1. The number of para-hydroxylation sites is 1. The maximum atomic E-state index is 12.9. The van der Waals surface area contributed by atoms with Crippen molar-refractivity contribution in [3.8, 4) is 0 Å². The molecule has 1 aliphatic rings. The summed E-state index contributed by atoms with van der Waals surface area (Å²) in [6.07, 6.45) is -1.04. The first-order valence-corrected chi connectivity index (χ1v) is 11.2. The molecule has 2 N–H and O–H groups in total. The van der Waals surface area contributed by atoms with E-state index >= 15 is 0 Å². The number of hydrogen-bond acceptors (Lipinski definition) is 6. The molecule has 3 aromatic rings. The van der Waals surface area contributed by atoms with Gasteiger partial charge in [0.25, 0.3) is 10.0 Å². The highest BCUT2D eigenvalue weighted by molar-refractivity contribution is 7.90. The number of carbonyl (C=O) groups excluding carboxylic acids is 2. The maximum Gasteiger partial charge on any atom is 0.308 e. The molecule has 0 aliphatic carbocycles. The molecule has 0 amide bonds. The van der Waals surface area contributed by atoms with E-state index < -0.39 is 22.1 Å². The number of amidine groups is 1.